The molecule has 2 atom stereocenters. The molecule has 1 fully saturated rings. The molecule has 2 N–H and O–H groups in total. The van der Waals surface area contributed by atoms with E-state index >= 15 is 0 Å². The lowest BCUT2D eigenvalue weighted by molar-refractivity contribution is 0.0572. The third-order valence-electron chi connectivity index (χ3n) is 2.68. The summed E-state index contributed by atoms with van der Waals surface area (Å²) in [6.45, 7) is -0.304. The number of halogens is 1. The van der Waals surface area contributed by atoms with Crippen molar-refractivity contribution < 1.29 is 23.0 Å². The fourth-order valence-electron chi connectivity index (χ4n) is 1.69. The second-order valence-corrected chi connectivity index (χ2v) is 5.85. The summed E-state index contributed by atoms with van der Waals surface area (Å²) >= 11 is 0. The molecule has 0 unspecified atom stereocenters. The summed E-state index contributed by atoms with van der Waals surface area (Å²) in [5.41, 5.74) is 0. The Morgan fingerprint density at radius 3 is 2.06 bits per heavy atom. The number of sulfonamides is 1. The van der Waals surface area contributed by atoms with Crippen molar-refractivity contribution in [3.63, 3.8) is 0 Å². The minimum Gasteiger partial charge on any atom is -0.389 e. The van der Waals surface area contributed by atoms with Crippen LogP contribution < -0.4 is 0 Å². The molecule has 0 spiro atoms. The second kappa shape index (κ2) is 4.34. The first kappa shape index (κ1) is 12.4. The van der Waals surface area contributed by atoms with E-state index in [0.717, 1.165) is 28.6 Å². The molecule has 5 nitrogen and oxygen atoms in total. The van der Waals surface area contributed by atoms with Gasteiger partial charge in [0, 0.05) is 13.1 Å². The number of hydrogen-bond donors (Lipinski definition) is 2. The van der Waals surface area contributed by atoms with Crippen molar-refractivity contribution in [1.29, 1.82) is 0 Å². The van der Waals surface area contributed by atoms with Gasteiger partial charge in [-0.25, -0.2) is 12.8 Å². The van der Waals surface area contributed by atoms with Gasteiger partial charge in [-0.3, -0.25) is 0 Å². The molecule has 1 heterocycles. The molecule has 0 amide bonds. The van der Waals surface area contributed by atoms with Crippen LogP contribution in [0.2, 0.25) is 0 Å². The number of aliphatic hydroxyl groups excluding tert-OH is 2. The van der Waals surface area contributed by atoms with E-state index in [-0.39, 0.29) is 18.0 Å². The molecule has 1 aliphatic rings. The fourth-order valence-corrected chi connectivity index (χ4v) is 3.16. The molecular formula is C10H12FNO4S. The Bertz CT molecular complexity index is 492. The first-order valence-corrected chi connectivity index (χ1v) is 6.47. The van der Waals surface area contributed by atoms with Crippen molar-refractivity contribution in [2.75, 3.05) is 13.1 Å². The Morgan fingerprint density at radius 1 is 1.12 bits per heavy atom. The monoisotopic (exact) mass is 261 g/mol. The molecule has 0 radical (unpaired) electrons. The van der Waals surface area contributed by atoms with Crippen LogP contribution in [0.15, 0.2) is 29.2 Å². The van der Waals surface area contributed by atoms with Gasteiger partial charge in [0.05, 0.1) is 17.1 Å². The van der Waals surface area contributed by atoms with E-state index in [4.69, 9.17) is 0 Å². The molecule has 94 valence electrons. The lowest BCUT2D eigenvalue weighted by Gasteiger charge is -2.15. The summed E-state index contributed by atoms with van der Waals surface area (Å²) in [6.07, 6.45) is -2.16. The Labute approximate surface area is 98.2 Å². The minimum absolute atomic E-state index is 0.0554. The van der Waals surface area contributed by atoms with Gasteiger partial charge in [0.1, 0.15) is 5.82 Å². The number of hydrogen-bond acceptors (Lipinski definition) is 4. The molecule has 1 saturated heterocycles. The Kier molecular flexibility index (Phi) is 3.17. The van der Waals surface area contributed by atoms with Crippen LogP contribution in [0.3, 0.4) is 0 Å². The highest BCUT2D eigenvalue weighted by Gasteiger charge is 2.37. The smallest absolute Gasteiger partial charge is 0.243 e. The van der Waals surface area contributed by atoms with Gasteiger partial charge in [-0.15, -0.1) is 0 Å². The maximum absolute atomic E-state index is 12.7. The standard InChI is InChI=1S/C10H12FNO4S/c11-7-1-3-8(4-2-7)17(15,16)12-5-9(13)10(14)6-12/h1-4,9-10,13-14H,5-6H2/t9-,10+. The first-order chi connectivity index (χ1) is 7.91. The zero-order valence-corrected chi connectivity index (χ0v) is 9.64. The predicted octanol–water partition coefficient (Wildman–Crippen LogP) is -0.448. The summed E-state index contributed by atoms with van der Waals surface area (Å²) in [7, 11) is -3.77. The Hall–Kier alpha value is -1.02. The van der Waals surface area contributed by atoms with Crippen LogP contribution in [-0.2, 0) is 10.0 Å². The maximum atomic E-state index is 12.7. The second-order valence-electron chi connectivity index (χ2n) is 3.91. The zero-order chi connectivity index (χ0) is 12.6. The van der Waals surface area contributed by atoms with Gasteiger partial charge in [0.2, 0.25) is 10.0 Å². The molecule has 1 aliphatic heterocycles. The average molecular weight is 261 g/mol. The fraction of sp³-hybridized carbons (Fsp3) is 0.400. The van der Waals surface area contributed by atoms with Crippen LogP contribution in [0, 0.1) is 5.82 Å². The Balaban J connectivity index is 2.28. The highest BCUT2D eigenvalue weighted by atomic mass is 32.2. The van der Waals surface area contributed by atoms with Gasteiger partial charge in [0.25, 0.3) is 0 Å². The lowest BCUT2D eigenvalue weighted by Crippen LogP contribution is -2.29. The largest absolute Gasteiger partial charge is 0.389 e. The zero-order valence-electron chi connectivity index (χ0n) is 8.82. The van der Waals surface area contributed by atoms with Gasteiger partial charge in [-0.1, -0.05) is 0 Å². The molecule has 17 heavy (non-hydrogen) atoms. The molecule has 2 rings (SSSR count). The van der Waals surface area contributed by atoms with Crippen LogP contribution in [0.1, 0.15) is 0 Å². The van der Waals surface area contributed by atoms with Crippen molar-refractivity contribution in [2.45, 2.75) is 17.1 Å². The lowest BCUT2D eigenvalue weighted by atomic mass is 10.3. The highest BCUT2D eigenvalue weighted by Crippen LogP contribution is 2.21. The topological polar surface area (TPSA) is 77.8 Å². The summed E-state index contributed by atoms with van der Waals surface area (Å²) in [5.74, 6) is -0.523. The third-order valence-corrected chi connectivity index (χ3v) is 4.52. The number of β-amino-alcohol motifs (C(OH)–C–C–N with tert-alkyl or cyclic N) is 2. The molecule has 0 bridgehead atoms. The van der Waals surface area contributed by atoms with Gasteiger partial charge in [-0.05, 0) is 24.3 Å². The molecule has 1 aromatic rings. The van der Waals surface area contributed by atoms with E-state index in [9.17, 15) is 23.0 Å². The van der Waals surface area contributed by atoms with E-state index in [0.29, 0.717) is 0 Å². The van der Waals surface area contributed by atoms with Crippen LogP contribution >= 0.6 is 0 Å². The Morgan fingerprint density at radius 2 is 1.59 bits per heavy atom. The van der Waals surface area contributed by atoms with Crippen LogP contribution in [0.4, 0.5) is 4.39 Å². The number of nitrogens with zero attached hydrogens (tertiary/aromatic N) is 1. The molecule has 0 aliphatic carbocycles. The highest BCUT2D eigenvalue weighted by molar-refractivity contribution is 7.89. The van der Waals surface area contributed by atoms with Crippen LogP contribution in [-0.4, -0.2) is 48.2 Å². The molecule has 0 saturated carbocycles. The maximum Gasteiger partial charge on any atom is 0.243 e. The molecule has 0 aromatic heterocycles. The summed E-state index contributed by atoms with van der Waals surface area (Å²) in [4.78, 5) is -0.0554. The summed E-state index contributed by atoms with van der Waals surface area (Å²) in [5, 5.41) is 18.6. The predicted molar refractivity (Wildman–Crippen MR) is 57.2 cm³/mol. The first-order valence-electron chi connectivity index (χ1n) is 5.03. The van der Waals surface area contributed by atoms with E-state index in [2.05, 4.69) is 0 Å². The van der Waals surface area contributed by atoms with Gasteiger partial charge in [-0.2, -0.15) is 4.31 Å². The van der Waals surface area contributed by atoms with Crippen molar-refractivity contribution in [3.05, 3.63) is 30.1 Å². The van der Waals surface area contributed by atoms with Crippen LogP contribution in [0.25, 0.3) is 0 Å². The van der Waals surface area contributed by atoms with Gasteiger partial charge >= 0.3 is 0 Å². The normalized spacial score (nSPS) is 26.3. The molecule has 1 aromatic carbocycles. The minimum atomic E-state index is -3.77. The molecule has 7 heteroatoms. The summed E-state index contributed by atoms with van der Waals surface area (Å²) < 4.78 is 37.7. The van der Waals surface area contributed by atoms with Gasteiger partial charge in [0.15, 0.2) is 0 Å². The number of benzene rings is 1. The van der Waals surface area contributed by atoms with E-state index in [1.807, 2.05) is 0 Å². The van der Waals surface area contributed by atoms with E-state index in [1.54, 1.807) is 0 Å². The number of rotatable bonds is 2. The quantitative estimate of drug-likeness (QED) is 0.756. The van der Waals surface area contributed by atoms with Crippen LogP contribution in [0.5, 0.6) is 0 Å². The molecular weight excluding hydrogens is 249 g/mol. The van der Waals surface area contributed by atoms with Crippen molar-refractivity contribution in [1.82, 2.24) is 4.31 Å². The van der Waals surface area contributed by atoms with Gasteiger partial charge < -0.3 is 10.2 Å². The average Bonchev–Trinajstić information content (AvgIpc) is 2.60. The van der Waals surface area contributed by atoms with E-state index < -0.39 is 28.0 Å². The SMILES string of the molecule is O=S(=O)(c1ccc(F)cc1)N1C[C@@H](O)[C@@H](O)C1. The van der Waals surface area contributed by atoms with Crippen molar-refractivity contribution in [2.24, 2.45) is 0 Å². The number of aliphatic hydroxyl groups is 2. The third kappa shape index (κ3) is 2.32. The van der Waals surface area contributed by atoms with E-state index in [1.165, 1.54) is 0 Å². The van der Waals surface area contributed by atoms with Crippen molar-refractivity contribution >= 4 is 10.0 Å². The van der Waals surface area contributed by atoms with Crippen molar-refractivity contribution in [3.8, 4) is 0 Å². The summed E-state index contributed by atoms with van der Waals surface area (Å²) in [6, 6.07) is 4.41.